The normalized spacial score (nSPS) is 11.3. The highest BCUT2D eigenvalue weighted by molar-refractivity contribution is 9.10. The van der Waals surface area contributed by atoms with E-state index in [1.807, 2.05) is 6.07 Å². The summed E-state index contributed by atoms with van der Waals surface area (Å²) in [6.07, 6.45) is 0. The van der Waals surface area contributed by atoms with E-state index in [0.717, 1.165) is 9.15 Å². The van der Waals surface area contributed by atoms with Crippen LogP contribution < -0.4 is 0 Å². The summed E-state index contributed by atoms with van der Waals surface area (Å²) < 4.78 is 25.3. The first kappa shape index (κ1) is 14.1. The van der Waals surface area contributed by atoms with Crippen LogP contribution in [0.3, 0.4) is 0 Å². The van der Waals surface area contributed by atoms with Crippen molar-refractivity contribution in [1.82, 2.24) is 9.78 Å². The number of aryl methyl sites for hydroxylation is 1. The number of hydrogen-bond acceptors (Lipinski definition) is 4. The van der Waals surface area contributed by atoms with Crippen LogP contribution in [0.5, 0.6) is 0 Å². The summed E-state index contributed by atoms with van der Waals surface area (Å²) in [5.41, 5.74) is 0.773. The summed E-state index contributed by atoms with van der Waals surface area (Å²) in [7, 11) is 1.32. The molecule has 0 aliphatic rings. The summed E-state index contributed by atoms with van der Waals surface area (Å²) in [5, 5.41) is 12.8. The van der Waals surface area contributed by atoms with Crippen molar-refractivity contribution >= 4 is 35.7 Å². The number of nitriles is 1. The second kappa shape index (κ2) is 4.96. The Labute approximate surface area is 123 Å². The van der Waals surface area contributed by atoms with Crippen molar-refractivity contribution < 1.29 is 8.42 Å². The van der Waals surface area contributed by atoms with E-state index in [9.17, 15) is 8.42 Å². The Morgan fingerprint density at radius 1 is 1.37 bits per heavy atom. The second-order valence-electron chi connectivity index (χ2n) is 3.70. The fourth-order valence-corrected chi connectivity index (χ4v) is 3.10. The molecule has 0 saturated heterocycles. The van der Waals surface area contributed by atoms with Gasteiger partial charge in [0, 0.05) is 15.2 Å². The van der Waals surface area contributed by atoms with Crippen molar-refractivity contribution in [3.8, 4) is 11.8 Å². The number of hydrogen-bond donors (Lipinski definition) is 0. The summed E-state index contributed by atoms with van der Waals surface area (Å²) >= 11 is 3.28. The lowest BCUT2D eigenvalue weighted by Crippen LogP contribution is -2.05. The molecule has 19 heavy (non-hydrogen) atoms. The molecule has 98 valence electrons. The van der Waals surface area contributed by atoms with Crippen LogP contribution in [0.25, 0.3) is 5.69 Å². The van der Waals surface area contributed by atoms with Gasteiger partial charge in [0.15, 0.2) is 5.03 Å². The SMILES string of the molecule is Cc1nn(-c2ccc(Br)cc2)c(S(=O)(=O)Cl)c1C#N. The molecule has 0 fully saturated rings. The quantitative estimate of drug-likeness (QED) is 0.772. The highest BCUT2D eigenvalue weighted by Crippen LogP contribution is 2.26. The Hall–Kier alpha value is -1.36. The van der Waals surface area contributed by atoms with Gasteiger partial charge in [-0.1, -0.05) is 15.9 Å². The van der Waals surface area contributed by atoms with E-state index in [2.05, 4.69) is 21.0 Å². The Morgan fingerprint density at radius 2 is 1.95 bits per heavy atom. The molecule has 2 rings (SSSR count). The van der Waals surface area contributed by atoms with Crippen molar-refractivity contribution in [3.63, 3.8) is 0 Å². The third kappa shape index (κ3) is 2.66. The molecule has 0 bridgehead atoms. The van der Waals surface area contributed by atoms with Gasteiger partial charge in [0.1, 0.15) is 11.6 Å². The molecule has 2 aromatic rings. The van der Waals surface area contributed by atoms with Gasteiger partial charge in [0.05, 0.1) is 11.4 Å². The molecule has 0 aliphatic heterocycles. The van der Waals surface area contributed by atoms with Crippen molar-refractivity contribution in [1.29, 1.82) is 5.26 Å². The van der Waals surface area contributed by atoms with Gasteiger partial charge < -0.3 is 0 Å². The molecule has 1 aromatic heterocycles. The molecule has 0 amide bonds. The fourth-order valence-electron chi connectivity index (χ4n) is 1.62. The Bertz CT molecular complexity index is 776. The van der Waals surface area contributed by atoms with E-state index in [4.69, 9.17) is 15.9 Å². The minimum atomic E-state index is -4.08. The number of benzene rings is 1. The van der Waals surface area contributed by atoms with Crippen LogP contribution in [0.2, 0.25) is 0 Å². The van der Waals surface area contributed by atoms with Crippen LogP contribution in [-0.2, 0) is 9.05 Å². The first-order valence-electron chi connectivity index (χ1n) is 5.05. The smallest absolute Gasteiger partial charge is 0.219 e. The van der Waals surface area contributed by atoms with Gasteiger partial charge in [-0.3, -0.25) is 0 Å². The lowest BCUT2D eigenvalue weighted by atomic mass is 10.3. The topological polar surface area (TPSA) is 75.8 Å². The van der Waals surface area contributed by atoms with Crippen molar-refractivity contribution in [2.24, 2.45) is 0 Å². The van der Waals surface area contributed by atoms with E-state index in [1.54, 1.807) is 31.2 Å². The molecule has 0 N–H and O–H groups in total. The zero-order chi connectivity index (χ0) is 14.2. The van der Waals surface area contributed by atoms with Crippen LogP contribution in [-0.4, -0.2) is 18.2 Å². The van der Waals surface area contributed by atoms with Crippen LogP contribution in [0.15, 0.2) is 33.8 Å². The van der Waals surface area contributed by atoms with Crippen LogP contribution >= 0.6 is 26.6 Å². The first-order chi connectivity index (χ1) is 8.84. The van der Waals surface area contributed by atoms with Gasteiger partial charge in [0.25, 0.3) is 9.05 Å². The van der Waals surface area contributed by atoms with Crippen molar-refractivity contribution in [2.45, 2.75) is 11.9 Å². The molecule has 0 spiro atoms. The molecular weight excluding hydrogens is 354 g/mol. The third-order valence-corrected chi connectivity index (χ3v) is 4.24. The number of nitrogens with zero attached hydrogens (tertiary/aromatic N) is 3. The molecule has 5 nitrogen and oxygen atoms in total. The van der Waals surface area contributed by atoms with Gasteiger partial charge in [-0.15, -0.1) is 0 Å². The number of aromatic nitrogens is 2. The Morgan fingerprint density at radius 3 is 2.42 bits per heavy atom. The Balaban J connectivity index is 2.79. The predicted molar refractivity (Wildman–Crippen MR) is 73.8 cm³/mol. The molecule has 0 atom stereocenters. The number of halogens is 2. The molecule has 8 heteroatoms. The largest absolute Gasteiger partial charge is 0.280 e. The highest BCUT2D eigenvalue weighted by atomic mass is 79.9. The number of rotatable bonds is 2. The van der Waals surface area contributed by atoms with E-state index >= 15 is 0 Å². The minimum absolute atomic E-state index is 0.0436. The molecule has 1 aromatic carbocycles. The monoisotopic (exact) mass is 359 g/mol. The molecule has 0 radical (unpaired) electrons. The van der Waals surface area contributed by atoms with Crippen LogP contribution in [0.4, 0.5) is 0 Å². The molecule has 0 unspecified atom stereocenters. The molecule has 0 aliphatic carbocycles. The summed E-state index contributed by atoms with van der Waals surface area (Å²) in [5.74, 6) is 0. The van der Waals surface area contributed by atoms with Crippen LogP contribution in [0.1, 0.15) is 11.3 Å². The average Bonchev–Trinajstić information content (AvgIpc) is 2.66. The van der Waals surface area contributed by atoms with Gasteiger partial charge >= 0.3 is 0 Å². The lowest BCUT2D eigenvalue weighted by molar-refractivity contribution is 0.599. The standard InChI is InChI=1S/C11H7BrClN3O2S/c1-7-10(6-14)11(19(13,17)18)16(15-7)9-4-2-8(12)3-5-9/h2-5H,1H3. The molecular formula is C11H7BrClN3O2S. The average molecular weight is 361 g/mol. The summed E-state index contributed by atoms with van der Waals surface area (Å²) in [6, 6.07) is 8.63. The summed E-state index contributed by atoms with van der Waals surface area (Å²) in [4.78, 5) is 0. The van der Waals surface area contributed by atoms with Crippen molar-refractivity contribution in [3.05, 3.63) is 40.0 Å². The second-order valence-corrected chi connectivity index (χ2v) is 7.10. The third-order valence-electron chi connectivity index (χ3n) is 2.43. The van der Waals surface area contributed by atoms with Crippen molar-refractivity contribution in [2.75, 3.05) is 0 Å². The molecule has 1 heterocycles. The van der Waals surface area contributed by atoms with Gasteiger partial charge in [-0.25, -0.2) is 13.1 Å². The van der Waals surface area contributed by atoms with E-state index < -0.39 is 9.05 Å². The first-order valence-corrected chi connectivity index (χ1v) is 8.15. The van der Waals surface area contributed by atoms with E-state index in [-0.39, 0.29) is 10.6 Å². The Kier molecular flexibility index (Phi) is 3.67. The van der Waals surface area contributed by atoms with Gasteiger partial charge in [-0.05, 0) is 31.2 Å². The maximum atomic E-state index is 11.6. The summed E-state index contributed by atoms with van der Waals surface area (Å²) in [6.45, 7) is 1.56. The fraction of sp³-hybridized carbons (Fsp3) is 0.0909. The van der Waals surface area contributed by atoms with E-state index in [1.165, 1.54) is 0 Å². The van der Waals surface area contributed by atoms with Gasteiger partial charge in [-0.2, -0.15) is 10.4 Å². The zero-order valence-corrected chi connectivity index (χ0v) is 12.8. The molecule has 0 saturated carbocycles. The van der Waals surface area contributed by atoms with Gasteiger partial charge in [0.2, 0.25) is 0 Å². The zero-order valence-electron chi connectivity index (χ0n) is 9.63. The maximum absolute atomic E-state index is 11.6. The lowest BCUT2D eigenvalue weighted by Gasteiger charge is -2.05. The predicted octanol–water partition coefficient (Wildman–Crippen LogP) is 2.74. The van der Waals surface area contributed by atoms with E-state index in [0.29, 0.717) is 11.4 Å². The van der Waals surface area contributed by atoms with Crippen LogP contribution in [0, 0.1) is 18.3 Å². The maximum Gasteiger partial charge on any atom is 0.280 e. The minimum Gasteiger partial charge on any atom is -0.219 e. The highest BCUT2D eigenvalue weighted by Gasteiger charge is 2.26.